The van der Waals surface area contributed by atoms with E-state index in [1.807, 2.05) is 37.3 Å². The predicted molar refractivity (Wildman–Crippen MR) is 69.1 cm³/mol. The van der Waals surface area contributed by atoms with Crippen LogP contribution in [0.1, 0.15) is 31.7 Å². The van der Waals surface area contributed by atoms with Gasteiger partial charge in [0, 0.05) is 12.8 Å². The van der Waals surface area contributed by atoms with Gasteiger partial charge in [0.2, 0.25) is 5.91 Å². The highest BCUT2D eigenvalue weighted by Crippen LogP contribution is 2.24. The second-order valence-corrected chi connectivity index (χ2v) is 4.13. The number of hydrogen-bond acceptors (Lipinski definition) is 3. The molecule has 0 aliphatic heterocycles. The number of amides is 1. The van der Waals surface area contributed by atoms with Crippen molar-refractivity contribution in [3.05, 3.63) is 35.9 Å². The Labute approximate surface area is 107 Å². The number of ether oxygens (including phenoxy) is 1. The Balaban J connectivity index is 3.00. The summed E-state index contributed by atoms with van der Waals surface area (Å²) in [5.74, 6) is -0.733. The third-order valence-corrected chi connectivity index (χ3v) is 2.88. The summed E-state index contributed by atoms with van der Waals surface area (Å²) < 4.78 is 4.76. The standard InChI is InChI=1S/C14H19NO3/c1-4-12(11-8-6-5-7-9-11)13(14(17)18-3)15-10(2)16/h5-9,12-13H,4H2,1-3H3,(H,15,16)/t12-,13+/m1/s1. The fourth-order valence-corrected chi connectivity index (χ4v) is 2.03. The molecule has 0 saturated heterocycles. The summed E-state index contributed by atoms with van der Waals surface area (Å²) in [6.45, 7) is 3.38. The van der Waals surface area contributed by atoms with E-state index in [2.05, 4.69) is 5.32 Å². The monoisotopic (exact) mass is 249 g/mol. The first-order valence-corrected chi connectivity index (χ1v) is 6.00. The molecule has 18 heavy (non-hydrogen) atoms. The van der Waals surface area contributed by atoms with Gasteiger partial charge in [-0.15, -0.1) is 0 Å². The molecule has 0 unspecified atom stereocenters. The molecule has 0 aliphatic carbocycles. The van der Waals surface area contributed by atoms with E-state index in [9.17, 15) is 9.59 Å². The molecule has 0 aromatic heterocycles. The van der Waals surface area contributed by atoms with Crippen molar-refractivity contribution < 1.29 is 14.3 Å². The Hall–Kier alpha value is -1.84. The molecule has 4 heteroatoms. The third-order valence-electron chi connectivity index (χ3n) is 2.88. The summed E-state index contributed by atoms with van der Waals surface area (Å²) in [4.78, 5) is 23.0. The first-order chi connectivity index (χ1) is 8.60. The number of esters is 1. The number of methoxy groups -OCH3 is 1. The van der Waals surface area contributed by atoms with Gasteiger partial charge in [-0.05, 0) is 12.0 Å². The van der Waals surface area contributed by atoms with Crippen molar-refractivity contribution in [3.63, 3.8) is 0 Å². The lowest BCUT2D eigenvalue weighted by molar-refractivity contribution is -0.145. The molecule has 2 atom stereocenters. The summed E-state index contributed by atoms with van der Waals surface area (Å²) in [6.07, 6.45) is 0.740. The zero-order valence-corrected chi connectivity index (χ0v) is 11.0. The van der Waals surface area contributed by atoms with Crippen LogP contribution in [0.15, 0.2) is 30.3 Å². The van der Waals surface area contributed by atoms with Crippen LogP contribution in [0.4, 0.5) is 0 Å². The van der Waals surface area contributed by atoms with Gasteiger partial charge < -0.3 is 10.1 Å². The van der Waals surface area contributed by atoms with Gasteiger partial charge in [-0.2, -0.15) is 0 Å². The molecule has 4 nitrogen and oxygen atoms in total. The van der Waals surface area contributed by atoms with E-state index < -0.39 is 12.0 Å². The van der Waals surface area contributed by atoms with Gasteiger partial charge in [0.1, 0.15) is 6.04 Å². The van der Waals surface area contributed by atoms with Gasteiger partial charge in [0.05, 0.1) is 7.11 Å². The molecule has 0 radical (unpaired) electrons. The Bertz CT molecular complexity index is 403. The Morgan fingerprint density at radius 3 is 2.33 bits per heavy atom. The lowest BCUT2D eigenvalue weighted by Crippen LogP contribution is -2.44. The highest BCUT2D eigenvalue weighted by Gasteiger charge is 2.29. The fraction of sp³-hybridized carbons (Fsp3) is 0.429. The van der Waals surface area contributed by atoms with Crippen molar-refractivity contribution in [2.75, 3.05) is 7.11 Å². The topological polar surface area (TPSA) is 55.4 Å². The second-order valence-electron chi connectivity index (χ2n) is 4.13. The van der Waals surface area contributed by atoms with Gasteiger partial charge >= 0.3 is 5.97 Å². The highest BCUT2D eigenvalue weighted by atomic mass is 16.5. The minimum absolute atomic E-state index is 0.0810. The molecule has 1 aromatic rings. The zero-order valence-electron chi connectivity index (χ0n) is 11.0. The molecular weight excluding hydrogens is 230 g/mol. The maximum absolute atomic E-state index is 11.8. The van der Waals surface area contributed by atoms with Crippen LogP contribution in [0.2, 0.25) is 0 Å². The lowest BCUT2D eigenvalue weighted by atomic mass is 9.89. The molecule has 0 spiro atoms. The quantitative estimate of drug-likeness (QED) is 0.810. The second kappa shape index (κ2) is 6.79. The van der Waals surface area contributed by atoms with Gasteiger partial charge in [-0.1, -0.05) is 37.3 Å². The zero-order chi connectivity index (χ0) is 13.5. The lowest BCUT2D eigenvalue weighted by Gasteiger charge is -2.25. The van der Waals surface area contributed by atoms with Gasteiger partial charge in [0.25, 0.3) is 0 Å². The van der Waals surface area contributed by atoms with E-state index in [0.717, 1.165) is 12.0 Å². The van der Waals surface area contributed by atoms with Crippen LogP contribution in [0.25, 0.3) is 0 Å². The van der Waals surface area contributed by atoms with E-state index >= 15 is 0 Å². The Kier molecular flexibility index (Phi) is 5.36. The van der Waals surface area contributed by atoms with E-state index in [-0.39, 0.29) is 11.8 Å². The number of hydrogen-bond donors (Lipinski definition) is 1. The molecule has 1 aromatic carbocycles. The van der Waals surface area contributed by atoms with E-state index in [0.29, 0.717) is 0 Å². The van der Waals surface area contributed by atoms with Gasteiger partial charge in [-0.3, -0.25) is 4.79 Å². The van der Waals surface area contributed by atoms with Crippen LogP contribution in [0, 0.1) is 0 Å². The largest absolute Gasteiger partial charge is 0.467 e. The van der Waals surface area contributed by atoms with Crippen LogP contribution in [0.5, 0.6) is 0 Å². The number of rotatable bonds is 5. The summed E-state index contributed by atoms with van der Waals surface area (Å²) in [5.41, 5.74) is 1.02. The maximum Gasteiger partial charge on any atom is 0.329 e. The van der Waals surface area contributed by atoms with Gasteiger partial charge in [0.15, 0.2) is 0 Å². The predicted octanol–water partition coefficient (Wildman–Crippen LogP) is 1.86. The third kappa shape index (κ3) is 3.58. The molecule has 0 fully saturated rings. The molecule has 98 valence electrons. The Morgan fingerprint density at radius 2 is 1.89 bits per heavy atom. The summed E-state index contributed by atoms with van der Waals surface area (Å²) in [7, 11) is 1.33. The van der Waals surface area contributed by atoms with Crippen LogP contribution >= 0.6 is 0 Å². The molecule has 0 bridgehead atoms. The molecular formula is C14H19NO3. The van der Waals surface area contributed by atoms with Crippen molar-refractivity contribution in [2.24, 2.45) is 0 Å². The van der Waals surface area contributed by atoms with E-state index in [1.54, 1.807) is 0 Å². The summed E-state index contributed by atoms with van der Waals surface area (Å²) in [5, 5.41) is 2.67. The van der Waals surface area contributed by atoms with Crippen molar-refractivity contribution in [3.8, 4) is 0 Å². The molecule has 0 saturated carbocycles. The Morgan fingerprint density at radius 1 is 1.28 bits per heavy atom. The van der Waals surface area contributed by atoms with Crippen LogP contribution in [0.3, 0.4) is 0 Å². The summed E-state index contributed by atoms with van der Waals surface area (Å²) >= 11 is 0. The van der Waals surface area contributed by atoms with Crippen LogP contribution in [-0.4, -0.2) is 25.0 Å². The first-order valence-electron chi connectivity index (χ1n) is 6.00. The maximum atomic E-state index is 11.8. The highest BCUT2D eigenvalue weighted by molar-refractivity contribution is 5.84. The number of carbonyl (C=O) groups excluding carboxylic acids is 2. The molecule has 1 rings (SSSR count). The average Bonchev–Trinajstić information content (AvgIpc) is 2.38. The van der Waals surface area contributed by atoms with Crippen molar-refractivity contribution in [2.45, 2.75) is 32.2 Å². The molecule has 1 amide bonds. The number of benzene rings is 1. The minimum Gasteiger partial charge on any atom is -0.467 e. The van der Waals surface area contributed by atoms with Crippen LogP contribution in [-0.2, 0) is 14.3 Å². The van der Waals surface area contributed by atoms with Crippen molar-refractivity contribution in [1.29, 1.82) is 0 Å². The number of nitrogens with one attached hydrogen (secondary N) is 1. The van der Waals surface area contributed by atoms with E-state index in [4.69, 9.17) is 4.74 Å². The SMILES string of the molecule is CC[C@H](c1ccccc1)[C@H](NC(C)=O)C(=O)OC. The number of carbonyl (C=O) groups is 2. The first kappa shape index (κ1) is 14.2. The molecule has 1 N–H and O–H groups in total. The average molecular weight is 249 g/mol. The van der Waals surface area contributed by atoms with Crippen molar-refractivity contribution in [1.82, 2.24) is 5.32 Å². The van der Waals surface area contributed by atoms with Crippen LogP contribution < -0.4 is 5.32 Å². The normalized spacial score (nSPS) is 13.5. The summed E-state index contributed by atoms with van der Waals surface area (Å²) in [6, 6.07) is 9.01. The van der Waals surface area contributed by atoms with Crippen molar-refractivity contribution >= 4 is 11.9 Å². The molecule has 0 aliphatic rings. The smallest absolute Gasteiger partial charge is 0.329 e. The van der Waals surface area contributed by atoms with Gasteiger partial charge in [-0.25, -0.2) is 4.79 Å². The molecule has 0 heterocycles. The minimum atomic E-state index is -0.639. The fourth-order valence-electron chi connectivity index (χ4n) is 2.03. The van der Waals surface area contributed by atoms with E-state index in [1.165, 1.54) is 14.0 Å².